The van der Waals surface area contributed by atoms with Crippen molar-refractivity contribution in [1.82, 2.24) is 19.5 Å². The van der Waals surface area contributed by atoms with E-state index >= 15 is 0 Å². The fourth-order valence-electron chi connectivity index (χ4n) is 2.96. The van der Waals surface area contributed by atoms with Gasteiger partial charge in [0.1, 0.15) is 11.6 Å². The fourth-order valence-corrected chi connectivity index (χ4v) is 2.96. The van der Waals surface area contributed by atoms with E-state index in [-0.39, 0.29) is 17.4 Å². The first-order chi connectivity index (χ1) is 11.6. The van der Waals surface area contributed by atoms with Crippen LogP contribution < -0.4 is 0 Å². The Hall–Kier alpha value is -2.42. The lowest BCUT2D eigenvalue weighted by molar-refractivity contribution is -0.133. The number of carbonyl (C=O) groups is 1. The van der Waals surface area contributed by atoms with Crippen LogP contribution in [-0.2, 0) is 11.2 Å². The predicted octanol–water partition coefficient (Wildman–Crippen LogP) is 3.04. The van der Waals surface area contributed by atoms with Gasteiger partial charge in [-0.15, -0.1) is 0 Å². The monoisotopic (exact) mass is 341 g/mol. The van der Waals surface area contributed by atoms with Crippen LogP contribution in [-0.4, -0.2) is 38.5 Å². The van der Waals surface area contributed by atoms with Crippen molar-refractivity contribution in [3.8, 4) is 6.07 Å². The molecular formula is C19H27N5O. The van der Waals surface area contributed by atoms with Gasteiger partial charge in [0.2, 0.25) is 5.91 Å². The number of aromatic nitrogens is 3. The number of rotatable bonds is 4. The Labute approximate surface area is 149 Å². The average molecular weight is 341 g/mol. The van der Waals surface area contributed by atoms with E-state index in [1.54, 1.807) is 4.52 Å². The Balaban J connectivity index is 2.21. The SMILES string of the molecule is Cc1nc2c(C#N)cnn2c(C)c1CCC(=O)N(C)C(C)C(C)(C)C. The minimum absolute atomic E-state index is 0.0411. The minimum Gasteiger partial charge on any atom is -0.343 e. The molecule has 0 radical (unpaired) electrons. The number of amides is 1. The van der Waals surface area contributed by atoms with E-state index in [0.29, 0.717) is 24.1 Å². The molecule has 0 aromatic carbocycles. The molecule has 1 amide bonds. The maximum absolute atomic E-state index is 12.6. The molecule has 0 N–H and O–H groups in total. The van der Waals surface area contributed by atoms with Crippen LogP contribution in [0.1, 0.15) is 56.6 Å². The summed E-state index contributed by atoms with van der Waals surface area (Å²) in [5.41, 5.74) is 3.88. The molecule has 1 atom stereocenters. The van der Waals surface area contributed by atoms with Crippen molar-refractivity contribution in [2.75, 3.05) is 7.05 Å². The molecule has 0 saturated heterocycles. The van der Waals surface area contributed by atoms with E-state index in [1.807, 2.05) is 25.8 Å². The largest absolute Gasteiger partial charge is 0.343 e. The van der Waals surface area contributed by atoms with Gasteiger partial charge in [0.05, 0.1) is 6.20 Å². The number of carbonyl (C=O) groups excluding carboxylic acids is 1. The Bertz CT molecular complexity index is 838. The molecule has 0 saturated carbocycles. The summed E-state index contributed by atoms with van der Waals surface area (Å²) in [6, 6.07) is 2.27. The maximum atomic E-state index is 12.6. The van der Waals surface area contributed by atoms with Crippen LogP contribution in [0.4, 0.5) is 0 Å². The second kappa shape index (κ2) is 6.83. The summed E-state index contributed by atoms with van der Waals surface area (Å²) in [5, 5.41) is 13.4. The third kappa shape index (κ3) is 3.65. The Morgan fingerprint density at radius 3 is 2.60 bits per heavy atom. The van der Waals surface area contributed by atoms with E-state index in [0.717, 1.165) is 17.0 Å². The number of aryl methyl sites for hydroxylation is 2. The molecule has 0 fully saturated rings. The third-order valence-electron chi connectivity index (χ3n) is 5.15. The first kappa shape index (κ1) is 18.9. The molecule has 2 heterocycles. The molecule has 25 heavy (non-hydrogen) atoms. The number of hydrogen-bond acceptors (Lipinski definition) is 4. The Kier molecular flexibility index (Phi) is 5.17. The van der Waals surface area contributed by atoms with E-state index in [2.05, 4.69) is 43.8 Å². The van der Waals surface area contributed by atoms with E-state index < -0.39 is 0 Å². The average Bonchev–Trinajstić information content (AvgIpc) is 2.94. The molecule has 6 nitrogen and oxygen atoms in total. The van der Waals surface area contributed by atoms with Crippen molar-refractivity contribution in [3.63, 3.8) is 0 Å². The lowest BCUT2D eigenvalue weighted by atomic mass is 9.87. The number of hydrogen-bond donors (Lipinski definition) is 0. The van der Waals surface area contributed by atoms with Gasteiger partial charge in [-0.05, 0) is 38.2 Å². The summed E-state index contributed by atoms with van der Waals surface area (Å²) in [7, 11) is 1.87. The molecule has 0 aliphatic heterocycles. The quantitative estimate of drug-likeness (QED) is 0.856. The highest BCUT2D eigenvalue weighted by Crippen LogP contribution is 2.24. The first-order valence-corrected chi connectivity index (χ1v) is 8.57. The smallest absolute Gasteiger partial charge is 0.222 e. The highest BCUT2D eigenvalue weighted by molar-refractivity contribution is 5.76. The molecule has 2 rings (SSSR count). The van der Waals surface area contributed by atoms with Gasteiger partial charge in [0.25, 0.3) is 0 Å². The summed E-state index contributed by atoms with van der Waals surface area (Å²) in [6.45, 7) is 12.4. The molecule has 6 heteroatoms. The molecule has 134 valence electrons. The zero-order valence-corrected chi connectivity index (χ0v) is 16.2. The molecule has 0 spiro atoms. The topological polar surface area (TPSA) is 74.3 Å². The number of fused-ring (bicyclic) bond motifs is 1. The summed E-state index contributed by atoms with van der Waals surface area (Å²) in [4.78, 5) is 18.9. The van der Waals surface area contributed by atoms with Crippen LogP contribution in [0.5, 0.6) is 0 Å². The van der Waals surface area contributed by atoms with Gasteiger partial charge in [-0.3, -0.25) is 4.79 Å². The van der Waals surface area contributed by atoms with Crippen LogP contribution in [0.25, 0.3) is 5.65 Å². The summed E-state index contributed by atoms with van der Waals surface area (Å²) >= 11 is 0. The van der Waals surface area contributed by atoms with E-state index in [1.165, 1.54) is 6.20 Å². The molecular weight excluding hydrogens is 314 g/mol. The van der Waals surface area contributed by atoms with Crippen molar-refractivity contribution in [2.45, 2.75) is 60.4 Å². The van der Waals surface area contributed by atoms with Crippen molar-refractivity contribution < 1.29 is 4.79 Å². The fraction of sp³-hybridized carbons (Fsp3) is 0.579. The first-order valence-electron chi connectivity index (χ1n) is 8.57. The Morgan fingerprint density at radius 2 is 2.04 bits per heavy atom. The lowest BCUT2D eigenvalue weighted by Gasteiger charge is -2.35. The van der Waals surface area contributed by atoms with E-state index in [4.69, 9.17) is 5.26 Å². The summed E-state index contributed by atoms with van der Waals surface area (Å²) in [6.07, 6.45) is 2.57. The van der Waals surface area contributed by atoms with Crippen LogP contribution in [0.3, 0.4) is 0 Å². The maximum Gasteiger partial charge on any atom is 0.222 e. The van der Waals surface area contributed by atoms with E-state index in [9.17, 15) is 4.79 Å². The molecule has 0 aliphatic rings. The standard InChI is InChI=1S/C19H27N5O/c1-12-16(8-9-17(25)23(7)14(3)19(4,5)6)13(2)24-18(22-12)15(10-20)11-21-24/h11,14H,8-9H2,1-7H3. The summed E-state index contributed by atoms with van der Waals surface area (Å²) < 4.78 is 1.69. The van der Waals surface area contributed by atoms with Gasteiger partial charge in [0.15, 0.2) is 5.65 Å². The van der Waals surface area contributed by atoms with Gasteiger partial charge < -0.3 is 4.90 Å². The molecule has 2 aromatic heterocycles. The van der Waals surface area contributed by atoms with Crippen LogP contribution >= 0.6 is 0 Å². The molecule has 2 aromatic rings. The van der Waals surface area contributed by atoms with Gasteiger partial charge in [0, 0.05) is 30.9 Å². The van der Waals surface area contributed by atoms with Crippen LogP contribution in [0, 0.1) is 30.6 Å². The second-order valence-electron chi connectivity index (χ2n) is 7.71. The van der Waals surface area contributed by atoms with Crippen molar-refractivity contribution in [1.29, 1.82) is 5.26 Å². The Morgan fingerprint density at radius 1 is 1.40 bits per heavy atom. The van der Waals surface area contributed by atoms with Crippen molar-refractivity contribution in [2.24, 2.45) is 5.41 Å². The molecule has 1 unspecified atom stereocenters. The highest BCUT2D eigenvalue weighted by Gasteiger charge is 2.27. The van der Waals surface area contributed by atoms with Gasteiger partial charge in [-0.1, -0.05) is 20.8 Å². The minimum atomic E-state index is 0.0411. The lowest BCUT2D eigenvalue weighted by Crippen LogP contribution is -2.43. The zero-order valence-electron chi connectivity index (χ0n) is 16.2. The summed E-state index contributed by atoms with van der Waals surface area (Å²) in [5.74, 6) is 0.125. The third-order valence-corrected chi connectivity index (χ3v) is 5.15. The molecule has 0 aliphatic carbocycles. The van der Waals surface area contributed by atoms with Gasteiger partial charge in [-0.2, -0.15) is 10.4 Å². The zero-order chi connectivity index (χ0) is 18.9. The van der Waals surface area contributed by atoms with Crippen LogP contribution in [0.2, 0.25) is 0 Å². The number of nitriles is 1. The van der Waals surface area contributed by atoms with Gasteiger partial charge >= 0.3 is 0 Å². The van der Waals surface area contributed by atoms with Crippen molar-refractivity contribution in [3.05, 3.63) is 28.7 Å². The van der Waals surface area contributed by atoms with Gasteiger partial charge in [-0.25, -0.2) is 9.50 Å². The molecule has 0 bridgehead atoms. The van der Waals surface area contributed by atoms with Crippen LogP contribution in [0.15, 0.2) is 6.20 Å². The highest BCUT2D eigenvalue weighted by atomic mass is 16.2. The normalized spacial score (nSPS) is 12.9. The predicted molar refractivity (Wildman–Crippen MR) is 97.2 cm³/mol. The number of nitrogens with zero attached hydrogens (tertiary/aromatic N) is 5. The second-order valence-corrected chi connectivity index (χ2v) is 7.71. The van der Waals surface area contributed by atoms with Crippen molar-refractivity contribution >= 4 is 11.6 Å².